The van der Waals surface area contributed by atoms with Gasteiger partial charge in [0.25, 0.3) is 0 Å². The number of phenolic OH excluding ortho intramolecular Hbond substituents is 1. The summed E-state index contributed by atoms with van der Waals surface area (Å²) < 4.78 is 16.9. The van der Waals surface area contributed by atoms with E-state index in [1.165, 1.54) is 18.2 Å². The summed E-state index contributed by atoms with van der Waals surface area (Å²) in [5.41, 5.74) is -1.09. The van der Waals surface area contributed by atoms with E-state index in [1.807, 2.05) is 0 Å². The number of hydrogen-bond donors (Lipinski definition) is 10. The first-order chi connectivity index (χ1) is 19.9. The Balaban J connectivity index is 1.66. The maximum Gasteiger partial charge on any atom is 0.335 e. The van der Waals surface area contributed by atoms with Gasteiger partial charge in [-0.15, -0.1) is 0 Å². The van der Waals surface area contributed by atoms with E-state index in [-0.39, 0.29) is 28.0 Å². The minimum absolute atomic E-state index is 0.0564. The number of aliphatic hydroxyl groups excluding tert-OH is 8. The molecule has 0 saturated carbocycles. The Morgan fingerprint density at radius 3 is 2.02 bits per heavy atom. The van der Waals surface area contributed by atoms with Crippen molar-refractivity contribution in [3.8, 4) is 11.5 Å². The number of carboxylic acid groups (broad SMARTS) is 1. The van der Waals surface area contributed by atoms with Gasteiger partial charge < -0.3 is 65.3 Å². The largest absolute Gasteiger partial charge is 0.507 e. The van der Waals surface area contributed by atoms with Crippen LogP contribution in [0.25, 0.3) is 0 Å². The molecule has 1 aliphatic carbocycles. The minimum Gasteiger partial charge on any atom is -0.507 e. The molecule has 228 valence electrons. The van der Waals surface area contributed by atoms with Gasteiger partial charge in [0, 0.05) is 5.92 Å². The lowest BCUT2D eigenvalue weighted by Crippen LogP contribution is -2.60. The number of ketones is 1. The van der Waals surface area contributed by atoms with Gasteiger partial charge in [-0.25, -0.2) is 4.79 Å². The first-order valence-electron chi connectivity index (χ1n) is 13.0. The van der Waals surface area contributed by atoms with E-state index in [0.29, 0.717) is 0 Å². The highest BCUT2D eigenvalue weighted by molar-refractivity contribution is 6.16. The SMILES string of the molecule is O=C(O)c1cc(O)c2c(c1)[C@H](C1O[C@H](CO)[C@@H](O)[C@H](O)[C@H]1O)c1cccc(O[C@@H]3O[C@H](CO)[C@@H](O)[C@H](O)[C@H]3O)c1C2=O. The van der Waals surface area contributed by atoms with Crippen molar-refractivity contribution in [2.24, 2.45) is 0 Å². The zero-order valence-electron chi connectivity index (χ0n) is 21.7. The number of carbonyl (C=O) groups excluding carboxylic acids is 1. The molecule has 1 unspecified atom stereocenters. The van der Waals surface area contributed by atoms with Crippen LogP contribution in [-0.4, -0.2) is 137 Å². The zero-order valence-corrected chi connectivity index (χ0v) is 21.7. The van der Waals surface area contributed by atoms with E-state index in [4.69, 9.17) is 14.2 Å². The number of benzene rings is 2. The molecular weight excluding hydrogens is 564 g/mol. The Labute approximate surface area is 237 Å². The van der Waals surface area contributed by atoms with Gasteiger partial charge in [-0.05, 0) is 29.3 Å². The summed E-state index contributed by atoms with van der Waals surface area (Å²) in [4.78, 5) is 25.7. The zero-order chi connectivity index (χ0) is 30.6. The molecule has 15 nitrogen and oxygen atoms in total. The number of aromatic hydroxyl groups is 1. The molecule has 2 heterocycles. The van der Waals surface area contributed by atoms with Crippen molar-refractivity contribution in [1.29, 1.82) is 0 Å². The minimum atomic E-state index is -1.84. The lowest BCUT2D eigenvalue weighted by Gasteiger charge is -2.45. The fraction of sp³-hybridized carbons (Fsp3) is 0.481. The monoisotopic (exact) mass is 594 g/mol. The summed E-state index contributed by atoms with van der Waals surface area (Å²) in [6.07, 6.45) is -16.6. The molecule has 0 radical (unpaired) electrons. The quantitative estimate of drug-likeness (QED) is 0.158. The van der Waals surface area contributed by atoms with E-state index >= 15 is 0 Å². The van der Waals surface area contributed by atoms with Crippen molar-refractivity contribution in [2.75, 3.05) is 13.2 Å². The van der Waals surface area contributed by atoms with E-state index in [9.17, 15) is 60.7 Å². The maximum atomic E-state index is 13.9. The summed E-state index contributed by atoms with van der Waals surface area (Å²) in [6.45, 7) is -1.52. The number of hydrogen-bond acceptors (Lipinski definition) is 14. The smallest absolute Gasteiger partial charge is 0.335 e. The van der Waals surface area contributed by atoms with Crippen LogP contribution in [-0.2, 0) is 9.47 Å². The van der Waals surface area contributed by atoms with E-state index < -0.39 is 103 Å². The summed E-state index contributed by atoms with van der Waals surface area (Å²) in [6, 6.07) is 6.03. The lowest BCUT2D eigenvalue weighted by atomic mass is 9.71. The lowest BCUT2D eigenvalue weighted by molar-refractivity contribution is -0.277. The van der Waals surface area contributed by atoms with Gasteiger partial charge in [-0.2, -0.15) is 0 Å². The highest BCUT2D eigenvalue weighted by Gasteiger charge is 2.51. The molecule has 10 N–H and O–H groups in total. The number of aliphatic hydroxyl groups is 8. The molecule has 15 heteroatoms. The molecule has 3 aliphatic rings. The molecular formula is C27H30O15. The highest BCUT2D eigenvalue weighted by Crippen LogP contribution is 2.48. The van der Waals surface area contributed by atoms with Gasteiger partial charge in [-0.1, -0.05) is 12.1 Å². The number of rotatable bonds is 6. The van der Waals surface area contributed by atoms with Crippen molar-refractivity contribution < 1.29 is 74.9 Å². The van der Waals surface area contributed by atoms with Crippen molar-refractivity contribution in [3.05, 3.63) is 58.1 Å². The van der Waals surface area contributed by atoms with Crippen LogP contribution in [0.4, 0.5) is 0 Å². The average Bonchev–Trinajstić information content (AvgIpc) is 2.96. The van der Waals surface area contributed by atoms with Gasteiger partial charge in [0.15, 0.2) is 0 Å². The molecule has 2 aromatic rings. The Hall–Kier alpha value is -3.22. The number of aromatic carboxylic acids is 1. The summed E-state index contributed by atoms with van der Waals surface area (Å²) in [5.74, 6) is -4.60. The summed E-state index contributed by atoms with van der Waals surface area (Å²) in [7, 11) is 0. The van der Waals surface area contributed by atoms with Gasteiger partial charge in [0.05, 0.1) is 36.0 Å². The van der Waals surface area contributed by atoms with Crippen LogP contribution in [0.1, 0.15) is 43.3 Å². The molecule has 2 aliphatic heterocycles. The second kappa shape index (κ2) is 11.5. The number of carbonyl (C=O) groups is 2. The third kappa shape index (κ3) is 4.83. The van der Waals surface area contributed by atoms with Crippen molar-refractivity contribution in [3.63, 3.8) is 0 Å². The fourth-order valence-electron chi connectivity index (χ4n) is 5.76. The molecule has 2 fully saturated rings. The summed E-state index contributed by atoms with van der Waals surface area (Å²) in [5, 5.41) is 102. The van der Waals surface area contributed by atoms with E-state index in [2.05, 4.69) is 0 Å². The first-order valence-corrected chi connectivity index (χ1v) is 13.0. The van der Waals surface area contributed by atoms with Crippen LogP contribution in [0.3, 0.4) is 0 Å². The highest BCUT2D eigenvalue weighted by atomic mass is 16.7. The van der Waals surface area contributed by atoms with Gasteiger partial charge in [0.1, 0.15) is 60.3 Å². The number of carboxylic acids is 1. The molecule has 0 bridgehead atoms. The Morgan fingerprint density at radius 2 is 1.40 bits per heavy atom. The second-order valence-electron chi connectivity index (χ2n) is 10.4. The molecule has 2 aromatic carbocycles. The molecule has 0 amide bonds. The van der Waals surface area contributed by atoms with Gasteiger partial charge in [-0.3, -0.25) is 4.79 Å². The standard InChI is InChI=1S/C27H30O15/c28-6-13-18(31)21(34)23(36)25(40-13)15-9-2-1-3-12(41-27-24(37)22(35)19(32)14(7-29)42-27)17(9)20(33)16-10(15)4-8(26(38)39)5-11(16)30/h1-5,13-15,18-19,21-25,27-32,34-37H,6-7H2,(H,38,39)/t13-,14-,15-,18-,19-,21+,22+,23-,24-,25?,27-/m1/s1. The molecule has 0 spiro atoms. The second-order valence-corrected chi connectivity index (χ2v) is 10.4. The van der Waals surface area contributed by atoms with Crippen LogP contribution in [0.15, 0.2) is 30.3 Å². The van der Waals surface area contributed by atoms with Crippen LogP contribution in [0, 0.1) is 0 Å². The molecule has 2 saturated heterocycles. The predicted molar refractivity (Wildman–Crippen MR) is 135 cm³/mol. The Bertz CT molecular complexity index is 1360. The van der Waals surface area contributed by atoms with E-state index in [0.717, 1.165) is 12.1 Å². The molecule has 11 atom stereocenters. The average molecular weight is 595 g/mol. The number of fused-ring (bicyclic) bond motifs is 2. The molecule has 5 rings (SSSR count). The van der Waals surface area contributed by atoms with Crippen molar-refractivity contribution >= 4 is 11.8 Å². The van der Waals surface area contributed by atoms with Gasteiger partial charge >= 0.3 is 5.97 Å². The number of ether oxygens (including phenoxy) is 3. The Morgan fingerprint density at radius 1 is 0.786 bits per heavy atom. The predicted octanol–water partition coefficient (Wildman–Crippen LogP) is -3.21. The maximum absolute atomic E-state index is 13.9. The normalized spacial score (nSPS) is 36.2. The molecule has 0 aromatic heterocycles. The van der Waals surface area contributed by atoms with E-state index in [1.54, 1.807) is 0 Å². The van der Waals surface area contributed by atoms with Crippen molar-refractivity contribution in [1.82, 2.24) is 0 Å². The third-order valence-electron chi connectivity index (χ3n) is 7.93. The topological polar surface area (TPSA) is 264 Å². The van der Waals surface area contributed by atoms with Crippen LogP contribution >= 0.6 is 0 Å². The van der Waals surface area contributed by atoms with Crippen molar-refractivity contribution in [2.45, 2.75) is 67.1 Å². The van der Waals surface area contributed by atoms with Gasteiger partial charge in [0.2, 0.25) is 12.1 Å². The summed E-state index contributed by atoms with van der Waals surface area (Å²) >= 11 is 0. The first kappa shape index (κ1) is 30.2. The number of phenols is 1. The Kier molecular flexibility index (Phi) is 8.25. The van der Waals surface area contributed by atoms with Crippen LogP contribution in [0.5, 0.6) is 11.5 Å². The fourth-order valence-corrected chi connectivity index (χ4v) is 5.76. The third-order valence-corrected chi connectivity index (χ3v) is 7.93. The van der Waals surface area contributed by atoms with Crippen LogP contribution in [0.2, 0.25) is 0 Å². The molecule has 42 heavy (non-hydrogen) atoms. The van der Waals surface area contributed by atoms with Crippen LogP contribution < -0.4 is 4.74 Å².